The van der Waals surface area contributed by atoms with Gasteiger partial charge in [-0.3, -0.25) is 0 Å². The van der Waals surface area contributed by atoms with Crippen molar-refractivity contribution in [1.29, 1.82) is 0 Å². The molecule has 0 fully saturated rings. The first kappa shape index (κ1) is 13.2. The summed E-state index contributed by atoms with van der Waals surface area (Å²) in [6, 6.07) is 12.7. The summed E-state index contributed by atoms with van der Waals surface area (Å²) in [5.74, 6) is 0. The third kappa shape index (κ3) is 2.79. The van der Waals surface area contributed by atoms with Crippen LogP contribution in [0.4, 0.5) is 5.69 Å². The number of pyridine rings is 1. The largest absolute Gasteiger partial charge is 0.219 e. The Morgan fingerprint density at radius 2 is 1.89 bits per heavy atom. The third-order valence-corrected chi connectivity index (χ3v) is 3.17. The van der Waals surface area contributed by atoms with E-state index in [2.05, 4.69) is 72.3 Å². The summed E-state index contributed by atoms with van der Waals surface area (Å²) >= 11 is 0. The minimum absolute atomic E-state index is 1.17. The number of para-hydroxylation sites is 1. The van der Waals surface area contributed by atoms with Crippen molar-refractivity contribution in [2.24, 2.45) is 7.05 Å². The molecule has 0 saturated heterocycles. The molecule has 0 unspecified atom stereocenters. The van der Waals surface area contributed by atoms with Gasteiger partial charge in [-0.1, -0.05) is 18.7 Å². The van der Waals surface area contributed by atoms with Gasteiger partial charge >= 0.3 is 0 Å². The molecule has 0 N–H and O–H groups in total. The van der Waals surface area contributed by atoms with Crippen molar-refractivity contribution in [3.8, 4) is 11.3 Å². The lowest BCUT2D eigenvalue weighted by molar-refractivity contribution is -0.660. The minimum Gasteiger partial charge on any atom is -0.201 e. The summed E-state index contributed by atoms with van der Waals surface area (Å²) in [5.41, 5.74) is 4.84. The summed E-state index contributed by atoms with van der Waals surface area (Å²) in [4.78, 5) is 0. The van der Waals surface area contributed by atoms with Crippen LogP contribution in [0.3, 0.4) is 0 Å². The van der Waals surface area contributed by atoms with E-state index in [0.717, 1.165) is 0 Å². The summed E-state index contributed by atoms with van der Waals surface area (Å²) in [6.07, 6.45) is 5.91. The first-order valence-corrected chi connectivity index (χ1v) is 6.38. The summed E-state index contributed by atoms with van der Waals surface area (Å²) < 4.78 is 4.25. The Labute approximate surface area is 115 Å². The molecule has 2 rings (SSSR count). The zero-order chi connectivity index (χ0) is 13.8. The molecular formula is C17H20N2+2. The lowest BCUT2D eigenvalue weighted by Gasteiger charge is -2.04. The van der Waals surface area contributed by atoms with Crippen LogP contribution < -0.4 is 4.57 Å². The van der Waals surface area contributed by atoms with Gasteiger partial charge in [-0.25, -0.2) is 9.14 Å². The molecule has 2 heteroatoms. The molecule has 0 bridgehead atoms. The maximum absolute atomic E-state index is 3.76. The predicted molar refractivity (Wildman–Crippen MR) is 79.9 cm³/mol. The number of nitrogens with zero attached hydrogens (tertiary/aromatic N) is 2. The molecule has 0 saturated carbocycles. The van der Waals surface area contributed by atoms with E-state index >= 15 is 0 Å². The van der Waals surface area contributed by atoms with E-state index in [0.29, 0.717) is 0 Å². The second-order valence-electron chi connectivity index (χ2n) is 4.72. The fourth-order valence-electron chi connectivity index (χ4n) is 2.26. The molecule has 0 aliphatic carbocycles. The monoisotopic (exact) mass is 252 g/mol. The zero-order valence-electron chi connectivity index (χ0n) is 11.8. The number of rotatable bonds is 3. The van der Waals surface area contributed by atoms with Crippen LogP contribution in [0, 0.1) is 6.92 Å². The van der Waals surface area contributed by atoms with Gasteiger partial charge in [0.1, 0.15) is 19.7 Å². The Bertz CT molecular complexity index is 639. The molecule has 1 aromatic carbocycles. The SMILES string of the molecule is C=CC=[N+](C)c1ccccc1-c1ccc(C)c[n+]1C. The van der Waals surface area contributed by atoms with Crippen LogP contribution in [0.1, 0.15) is 5.56 Å². The van der Waals surface area contributed by atoms with Crippen LogP contribution in [-0.2, 0) is 7.05 Å². The standard InChI is InChI=1S/C17H20N2/c1-5-12-18(3)16-9-7-6-8-15(16)17-11-10-14(2)13-19(17)4/h5-13H,1H2,2-4H3/q+2. The maximum Gasteiger partial charge on any atom is 0.219 e. The Morgan fingerprint density at radius 1 is 1.16 bits per heavy atom. The van der Waals surface area contributed by atoms with Crippen LogP contribution in [0.25, 0.3) is 11.3 Å². The van der Waals surface area contributed by atoms with E-state index in [-0.39, 0.29) is 0 Å². The second-order valence-corrected chi connectivity index (χ2v) is 4.72. The number of hydrogen-bond acceptors (Lipinski definition) is 0. The molecule has 1 heterocycles. The molecule has 0 atom stereocenters. The van der Waals surface area contributed by atoms with Crippen LogP contribution in [0.15, 0.2) is 55.3 Å². The Hall–Kier alpha value is -2.22. The first-order chi connectivity index (χ1) is 9.13. The van der Waals surface area contributed by atoms with E-state index in [9.17, 15) is 0 Å². The number of benzene rings is 1. The van der Waals surface area contributed by atoms with Gasteiger partial charge in [0.05, 0.1) is 0 Å². The van der Waals surface area contributed by atoms with Crippen molar-refractivity contribution >= 4 is 11.9 Å². The summed E-state index contributed by atoms with van der Waals surface area (Å²) in [7, 11) is 4.12. The maximum atomic E-state index is 3.76. The van der Waals surface area contributed by atoms with Gasteiger partial charge < -0.3 is 0 Å². The minimum atomic E-state index is 1.17. The predicted octanol–water partition coefficient (Wildman–Crippen LogP) is 3.02. The van der Waals surface area contributed by atoms with E-state index < -0.39 is 0 Å². The Morgan fingerprint density at radius 3 is 2.58 bits per heavy atom. The van der Waals surface area contributed by atoms with Gasteiger partial charge in [0.2, 0.25) is 11.4 Å². The van der Waals surface area contributed by atoms with Crippen LogP contribution >= 0.6 is 0 Å². The van der Waals surface area contributed by atoms with Gasteiger partial charge in [0.15, 0.2) is 12.4 Å². The van der Waals surface area contributed by atoms with Crippen molar-refractivity contribution in [3.63, 3.8) is 0 Å². The molecule has 0 radical (unpaired) electrons. The Balaban J connectivity index is 2.62. The number of hydrogen-bond donors (Lipinski definition) is 0. The first-order valence-electron chi connectivity index (χ1n) is 6.38. The average molecular weight is 252 g/mol. The van der Waals surface area contributed by atoms with E-state index in [4.69, 9.17) is 0 Å². The fourth-order valence-corrected chi connectivity index (χ4v) is 2.26. The number of aromatic nitrogens is 1. The molecule has 19 heavy (non-hydrogen) atoms. The van der Waals surface area contributed by atoms with Crippen molar-refractivity contribution in [1.82, 2.24) is 0 Å². The zero-order valence-corrected chi connectivity index (χ0v) is 11.8. The number of allylic oxidation sites excluding steroid dienone is 1. The molecule has 0 aliphatic heterocycles. The smallest absolute Gasteiger partial charge is 0.201 e. The third-order valence-electron chi connectivity index (χ3n) is 3.17. The van der Waals surface area contributed by atoms with Crippen molar-refractivity contribution < 1.29 is 9.14 Å². The lowest BCUT2D eigenvalue weighted by atomic mass is 10.1. The highest BCUT2D eigenvalue weighted by Crippen LogP contribution is 2.26. The van der Waals surface area contributed by atoms with Crippen molar-refractivity contribution in [2.75, 3.05) is 7.05 Å². The van der Waals surface area contributed by atoms with E-state index in [1.165, 1.54) is 22.5 Å². The van der Waals surface area contributed by atoms with Gasteiger partial charge in [-0.15, -0.1) is 0 Å². The van der Waals surface area contributed by atoms with Crippen molar-refractivity contribution in [2.45, 2.75) is 6.92 Å². The van der Waals surface area contributed by atoms with Gasteiger partial charge in [0, 0.05) is 17.7 Å². The van der Waals surface area contributed by atoms with Crippen molar-refractivity contribution in [3.05, 3.63) is 60.8 Å². The average Bonchev–Trinajstić information content (AvgIpc) is 2.39. The molecule has 2 nitrogen and oxygen atoms in total. The molecule has 1 aromatic heterocycles. The van der Waals surface area contributed by atoms with E-state index in [1.807, 2.05) is 13.3 Å². The van der Waals surface area contributed by atoms with Gasteiger partial charge in [-0.2, -0.15) is 0 Å². The molecule has 2 aromatic rings. The molecule has 0 spiro atoms. The molecular weight excluding hydrogens is 232 g/mol. The van der Waals surface area contributed by atoms with Gasteiger partial charge in [-0.05, 0) is 25.1 Å². The lowest BCUT2D eigenvalue weighted by Crippen LogP contribution is -2.31. The fraction of sp³-hybridized carbons (Fsp3) is 0.176. The molecule has 0 aliphatic rings. The quantitative estimate of drug-likeness (QED) is 0.585. The Kier molecular flexibility index (Phi) is 3.91. The van der Waals surface area contributed by atoms with Gasteiger partial charge in [0.25, 0.3) is 0 Å². The normalized spacial score (nSPS) is 11.4. The highest BCUT2D eigenvalue weighted by Gasteiger charge is 2.18. The van der Waals surface area contributed by atoms with E-state index in [1.54, 1.807) is 6.08 Å². The van der Waals surface area contributed by atoms with Crippen LogP contribution in [0.5, 0.6) is 0 Å². The molecule has 96 valence electrons. The molecule has 0 amide bonds. The number of aryl methyl sites for hydroxylation is 2. The summed E-state index contributed by atoms with van der Waals surface area (Å²) in [5, 5.41) is 0. The van der Waals surface area contributed by atoms with Crippen LogP contribution in [0.2, 0.25) is 0 Å². The topological polar surface area (TPSA) is 6.89 Å². The second kappa shape index (κ2) is 5.61. The highest BCUT2D eigenvalue weighted by atomic mass is 15.0. The highest BCUT2D eigenvalue weighted by molar-refractivity contribution is 5.72. The van der Waals surface area contributed by atoms with Crippen LogP contribution in [-0.4, -0.2) is 17.8 Å². The summed E-state index contributed by atoms with van der Waals surface area (Å²) in [6.45, 7) is 5.86.